The summed E-state index contributed by atoms with van der Waals surface area (Å²) in [5.74, 6) is 0. The summed E-state index contributed by atoms with van der Waals surface area (Å²) < 4.78 is 121. The molecule has 0 aliphatic rings. The number of fused-ring (bicyclic) bond motifs is 12. The highest BCUT2D eigenvalue weighted by Crippen LogP contribution is 2.45. The van der Waals surface area contributed by atoms with Crippen molar-refractivity contribution in [3.63, 3.8) is 0 Å². The lowest BCUT2D eigenvalue weighted by Crippen LogP contribution is -1.85. The van der Waals surface area contributed by atoms with E-state index in [4.69, 9.17) is 19.2 Å². The molecule has 0 N–H and O–H groups in total. The van der Waals surface area contributed by atoms with Crippen LogP contribution in [0.5, 0.6) is 0 Å². The van der Waals surface area contributed by atoms with E-state index in [1.165, 1.54) is 0 Å². The van der Waals surface area contributed by atoms with Gasteiger partial charge >= 0.3 is 0 Å². The molecule has 2 heteroatoms. The molecule has 0 aliphatic heterocycles. The fraction of sp³-hybridized carbons (Fsp3) is 0.0455. The van der Waals surface area contributed by atoms with E-state index in [9.17, 15) is 0 Å². The number of rotatable bonds is 2. The third kappa shape index (κ3) is 3.01. The first-order chi connectivity index (χ1) is 28.4. The molecular formula is C44H28N2. The van der Waals surface area contributed by atoms with Crippen LogP contribution < -0.4 is 0 Å². The summed E-state index contributed by atoms with van der Waals surface area (Å²) in [5, 5.41) is 7.66. The number of aromatic nitrogens is 2. The number of hydrogen-bond acceptors (Lipinski definition) is 0. The maximum absolute atomic E-state index is 8.80. The lowest BCUT2D eigenvalue weighted by molar-refractivity contribution is 1.36. The van der Waals surface area contributed by atoms with Crippen molar-refractivity contribution < 1.29 is 19.2 Å². The predicted octanol–water partition coefficient (Wildman–Crippen LogP) is 11.9. The van der Waals surface area contributed by atoms with Crippen LogP contribution in [0.1, 0.15) is 30.3 Å². The average Bonchev–Trinajstić information content (AvgIpc) is 3.91. The minimum Gasteiger partial charge on any atom is -0.308 e. The van der Waals surface area contributed by atoms with E-state index in [-0.39, 0.29) is 11.1 Å². The summed E-state index contributed by atoms with van der Waals surface area (Å²) in [5.41, 5.74) is 4.93. The molecule has 0 saturated carbocycles. The molecule has 46 heavy (non-hydrogen) atoms. The maximum atomic E-state index is 8.80. The van der Waals surface area contributed by atoms with Gasteiger partial charge in [-0.3, -0.25) is 0 Å². The largest absolute Gasteiger partial charge is 0.308 e. The molecule has 0 radical (unpaired) electrons. The van der Waals surface area contributed by atoms with Crippen molar-refractivity contribution in [2.45, 2.75) is 13.7 Å². The van der Waals surface area contributed by atoms with Crippen LogP contribution in [0.15, 0.2) is 133 Å². The first-order valence-corrected chi connectivity index (χ1v) is 15.0. The fourth-order valence-electron chi connectivity index (χ4n) is 7.67. The Morgan fingerprint density at radius 1 is 0.391 bits per heavy atom. The van der Waals surface area contributed by atoms with Gasteiger partial charge in [0.25, 0.3) is 0 Å². The second kappa shape index (κ2) is 8.44. The molecule has 2 nitrogen and oxygen atoms in total. The molecule has 0 atom stereocenters. The van der Waals surface area contributed by atoms with Crippen LogP contribution >= 0.6 is 0 Å². The Kier molecular flexibility index (Phi) is 2.74. The highest BCUT2D eigenvalue weighted by molar-refractivity contribution is 6.29. The van der Waals surface area contributed by atoms with E-state index in [2.05, 4.69) is 33.1 Å². The Labute approximate surface area is 284 Å². The summed E-state index contributed by atoms with van der Waals surface area (Å²) in [7, 11) is 0. The molecular weight excluding hydrogens is 556 g/mol. The molecule has 214 valence electrons. The van der Waals surface area contributed by atoms with E-state index in [1.54, 1.807) is 12.1 Å². The molecule has 7 aromatic carbocycles. The van der Waals surface area contributed by atoms with Gasteiger partial charge in [-0.1, -0.05) is 120 Å². The molecule has 4 heterocycles. The molecule has 0 aliphatic carbocycles. The van der Waals surface area contributed by atoms with Crippen LogP contribution in [-0.2, 0) is 0 Å². The second-order valence-corrected chi connectivity index (χ2v) is 11.9. The smallest absolute Gasteiger partial charge is 0.0629 e. The van der Waals surface area contributed by atoms with Crippen LogP contribution in [0.4, 0.5) is 0 Å². The van der Waals surface area contributed by atoms with Gasteiger partial charge in [-0.25, -0.2) is 0 Å². The van der Waals surface area contributed by atoms with Crippen molar-refractivity contribution in [3.05, 3.63) is 144 Å². The molecule has 0 spiro atoms. The SMILES string of the molecule is [2H]c1c([2H])c(C([2H])([2H])[2H])c([2H])c([2H])c1-c1ccc2c3cccc4c5cc6c(cc5n(c2c1)c34)c1cccc2c3ccc(-c4c([2H])c([2H])c(C([2H])([2H])[2H])c([2H])c4[2H])cc3n6c21. The van der Waals surface area contributed by atoms with Crippen molar-refractivity contribution in [2.75, 3.05) is 0 Å². The molecule has 4 aromatic heterocycles. The molecule has 0 saturated heterocycles. The van der Waals surface area contributed by atoms with Crippen LogP contribution in [0.3, 0.4) is 0 Å². The quantitative estimate of drug-likeness (QED) is 0.187. The molecule has 0 amide bonds. The molecule has 0 bridgehead atoms. The molecule has 0 unspecified atom stereocenters. The van der Waals surface area contributed by atoms with E-state index in [0.29, 0.717) is 11.1 Å². The first kappa shape index (κ1) is 14.9. The summed E-state index contributed by atoms with van der Waals surface area (Å²) in [6, 6.07) is 23.4. The normalized spacial score (nSPS) is 17.5. The van der Waals surface area contributed by atoms with Crippen LogP contribution in [0.2, 0.25) is 0 Å². The third-order valence-electron chi connectivity index (χ3n) is 9.58. The lowest BCUT2D eigenvalue weighted by atomic mass is 10.0. The third-order valence-corrected chi connectivity index (χ3v) is 9.58. The predicted molar refractivity (Wildman–Crippen MR) is 196 cm³/mol. The Morgan fingerprint density at radius 2 is 0.783 bits per heavy atom. The number of hydrogen-bond donors (Lipinski definition) is 0. The minimum atomic E-state index is -2.82. The summed E-state index contributed by atoms with van der Waals surface area (Å²) >= 11 is 0. The Morgan fingerprint density at radius 3 is 1.20 bits per heavy atom. The van der Waals surface area contributed by atoms with Crippen LogP contribution in [0.25, 0.3) is 98.4 Å². The zero-order chi connectivity index (χ0) is 42.2. The van der Waals surface area contributed by atoms with Gasteiger partial charge in [0.15, 0.2) is 0 Å². The monoisotopic (exact) mass is 598 g/mol. The van der Waals surface area contributed by atoms with Gasteiger partial charge in [0.1, 0.15) is 0 Å². The number of benzene rings is 7. The van der Waals surface area contributed by atoms with Gasteiger partial charge in [0.05, 0.1) is 44.1 Å². The maximum Gasteiger partial charge on any atom is 0.0629 e. The Balaban J connectivity index is 1.20. The highest BCUT2D eigenvalue weighted by Gasteiger charge is 2.22. The highest BCUT2D eigenvalue weighted by atomic mass is 14.9. The van der Waals surface area contributed by atoms with Gasteiger partial charge in [0.2, 0.25) is 0 Å². The van der Waals surface area contributed by atoms with Crippen molar-refractivity contribution in [3.8, 4) is 22.3 Å². The van der Waals surface area contributed by atoms with Crippen molar-refractivity contribution in [1.82, 2.24) is 8.80 Å². The van der Waals surface area contributed by atoms with Gasteiger partial charge in [-0.2, -0.15) is 0 Å². The first-order valence-electron chi connectivity index (χ1n) is 22.0. The van der Waals surface area contributed by atoms with Gasteiger partial charge in [-0.05, 0) is 60.2 Å². The zero-order valence-corrected chi connectivity index (χ0v) is 24.0. The van der Waals surface area contributed by atoms with E-state index in [0.717, 1.165) is 76.2 Å². The van der Waals surface area contributed by atoms with Crippen molar-refractivity contribution >= 4 is 76.2 Å². The van der Waals surface area contributed by atoms with Crippen molar-refractivity contribution in [2.24, 2.45) is 0 Å². The topological polar surface area (TPSA) is 8.82 Å². The second-order valence-electron chi connectivity index (χ2n) is 11.9. The van der Waals surface area contributed by atoms with Gasteiger partial charge in [-0.15, -0.1) is 0 Å². The fourth-order valence-corrected chi connectivity index (χ4v) is 7.67. The lowest BCUT2D eigenvalue weighted by Gasteiger charge is -2.06. The average molecular weight is 599 g/mol. The summed E-state index contributed by atoms with van der Waals surface area (Å²) in [4.78, 5) is 0. The standard InChI is InChI=1S/C44H28N2/c1-25-9-13-27(14-10-25)29-17-19-31-33-5-3-7-35-37-24-42-38(23-41(37)45(43(33)35)39(31)21-29)36-8-4-6-34-32-20-18-30(22-40(32)46(42)44(34)36)28-15-11-26(2)12-16-28/h3-24H,1-2H3/i1D3,2D3,9D,10D,11D,12D,13D,14D,15D,16D. The Hall–Kier alpha value is -5.86. The van der Waals surface area contributed by atoms with Crippen LogP contribution in [0, 0.1) is 13.7 Å². The number of nitrogens with zero attached hydrogens (tertiary/aromatic N) is 2. The van der Waals surface area contributed by atoms with Gasteiger partial charge in [0, 0.05) is 51.3 Å². The summed E-state index contributed by atoms with van der Waals surface area (Å²) in [6.07, 6.45) is 0. The van der Waals surface area contributed by atoms with Gasteiger partial charge < -0.3 is 8.80 Å². The summed E-state index contributed by atoms with van der Waals surface area (Å²) in [6.45, 7) is -5.64. The minimum absolute atomic E-state index is 0.0174. The van der Waals surface area contributed by atoms with E-state index < -0.39 is 73.2 Å². The van der Waals surface area contributed by atoms with E-state index >= 15 is 0 Å². The van der Waals surface area contributed by atoms with Crippen molar-refractivity contribution in [1.29, 1.82) is 0 Å². The molecule has 11 aromatic rings. The van der Waals surface area contributed by atoms with Crippen LogP contribution in [-0.4, -0.2) is 8.80 Å². The number of para-hydroxylation sites is 2. The Bertz CT molecular complexity index is 3420. The molecule has 11 rings (SSSR count). The molecule has 0 fully saturated rings. The zero-order valence-electron chi connectivity index (χ0n) is 38.0. The van der Waals surface area contributed by atoms with E-state index in [1.807, 2.05) is 48.5 Å².